The van der Waals surface area contributed by atoms with Gasteiger partial charge in [-0.3, -0.25) is 0 Å². The first-order valence-electron chi connectivity index (χ1n) is 7.34. The number of hydrogen-bond donors (Lipinski definition) is 2. The summed E-state index contributed by atoms with van der Waals surface area (Å²) in [5.74, 6) is 0.823. The Kier molecular flexibility index (Phi) is 8.15. The molecule has 0 atom stereocenters. The smallest absolute Gasteiger partial charge is 0.106 e. The normalized spacial score (nSPS) is 10.8. The van der Waals surface area contributed by atoms with Crippen molar-refractivity contribution < 1.29 is 0 Å². The average molecular weight is 357 g/mol. The zero-order valence-corrected chi connectivity index (χ0v) is 14.8. The first kappa shape index (κ1) is 17.4. The van der Waals surface area contributed by atoms with E-state index in [-0.39, 0.29) is 0 Å². The van der Waals surface area contributed by atoms with Crippen molar-refractivity contribution in [3.63, 3.8) is 0 Å². The van der Waals surface area contributed by atoms with Gasteiger partial charge >= 0.3 is 0 Å². The number of anilines is 1. The van der Waals surface area contributed by atoms with Crippen LogP contribution in [0.3, 0.4) is 0 Å². The largest absolute Gasteiger partial charge is 0.389 e. The third-order valence-corrected chi connectivity index (χ3v) is 3.98. The van der Waals surface area contributed by atoms with Crippen molar-refractivity contribution in [1.82, 2.24) is 0 Å². The van der Waals surface area contributed by atoms with E-state index in [1.807, 2.05) is 18.2 Å². The zero-order valence-electron chi connectivity index (χ0n) is 12.4. The highest BCUT2D eigenvalue weighted by Gasteiger charge is 2.05. The summed E-state index contributed by atoms with van der Waals surface area (Å²) >= 11 is 8.53. The van der Waals surface area contributed by atoms with Crippen LogP contribution in [0.5, 0.6) is 0 Å². The molecule has 0 aromatic heterocycles. The van der Waals surface area contributed by atoms with Gasteiger partial charge in [-0.05, 0) is 30.5 Å². The van der Waals surface area contributed by atoms with Crippen LogP contribution in [0.15, 0.2) is 22.7 Å². The van der Waals surface area contributed by atoms with Gasteiger partial charge in [0.15, 0.2) is 0 Å². The lowest BCUT2D eigenvalue weighted by Gasteiger charge is -2.11. The molecule has 4 heteroatoms. The molecule has 0 aliphatic carbocycles. The maximum Gasteiger partial charge on any atom is 0.106 e. The monoisotopic (exact) mass is 356 g/mol. The van der Waals surface area contributed by atoms with Gasteiger partial charge in [0.2, 0.25) is 0 Å². The molecule has 1 aromatic rings. The summed E-state index contributed by atoms with van der Waals surface area (Å²) in [6, 6.07) is 6.00. The van der Waals surface area contributed by atoms with E-state index in [9.17, 15) is 0 Å². The van der Waals surface area contributed by atoms with E-state index in [2.05, 4.69) is 35.1 Å². The van der Waals surface area contributed by atoms with Gasteiger partial charge in [-0.15, -0.1) is 0 Å². The van der Waals surface area contributed by atoms with E-state index in [1.54, 1.807) is 0 Å². The van der Waals surface area contributed by atoms with Crippen molar-refractivity contribution >= 4 is 38.8 Å². The summed E-state index contributed by atoms with van der Waals surface area (Å²) < 4.78 is 1.000. The molecule has 112 valence electrons. The Labute approximate surface area is 136 Å². The first-order valence-corrected chi connectivity index (χ1v) is 8.54. The molecule has 0 fully saturated rings. The number of benzene rings is 1. The molecular weight excluding hydrogens is 332 g/mol. The van der Waals surface area contributed by atoms with Crippen molar-refractivity contribution in [2.24, 2.45) is 11.7 Å². The highest BCUT2D eigenvalue weighted by molar-refractivity contribution is 9.10. The molecular formula is C16H25BrN2S. The average Bonchev–Trinajstić information content (AvgIpc) is 2.38. The van der Waals surface area contributed by atoms with Crippen molar-refractivity contribution in [3.8, 4) is 0 Å². The van der Waals surface area contributed by atoms with E-state index in [1.165, 1.54) is 32.1 Å². The molecule has 0 spiro atoms. The molecule has 20 heavy (non-hydrogen) atoms. The van der Waals surface area contributed by atoms with Crippen LogP contribution in [0.4, 0.5) is 5.69 Å². The molecule has 0 saturated carbocycles. The first-order chi connectivity index (χ1) is 9.50. The molecule has 0 heterocycles. The number of unbranched alkanes of at least 4 members (excludes halogenated alkanes) is 3. The van der Waals surface area contributed by atoms with Crippen molar-refractivity contribution in [2.75, 3.05) is 11.9 Å². The minimum absolute atomic E-state index is 0.436. The topological polar surface area (TPSA) is 38.0 Å². The lowest BCUT2D eigenvalue weighted by Crippen LogP contribution is -2.13. The summed E-state index contributed by atoms with van der Waals surface area (Å²) in [6.07, 6.45) is 6.46. The summed E-state index contributed by atoms with van der Waals surface area (Å²) in [5, 5.41) is 3.43. The van der Waals surface area contributed by atoms with Gasteiger partial charge in [-0.1, -0.05) is 67.7 Å². The lowest BCUT2D eigenvalue weighted by molar-refractivity contribution is 0.523. The quantitative estimate of drug-likeness (QED) is 0.477. The summed E-state index contributed by atoms with van der Waals surface area (Å²) in [6.45, 7) is 5.54. The summed E-state index contributed by atoms with van der Waals surface area (Å²) in [4.78, 5) is 0.436. The molecule has 0 aliphatic heterocycles. The number of thiocarbonyl (C=S) groups is 1. The fourth-order valence-electron chi connectivity index (χ4n) is 2.13. The molecule has 0 saturated heterocycles. The van der Waals surface area contributed by atoms with Crippen LogP contribution < -0.4 is 11.1 Å². The van der Waals surface area contributed by atoms with E-state index in [4.69, 9.17) is 18.0 Å². The highest BCUT2D eigenvalue weighted by atomic mass is 79.9. The standard InChI is InChI=1S/C16H25BrN2S/c1-12(2)7-5-3-4-6-10-19-15-9-8-13(17)11-14(15)16(18)20/h8-9,11-12,19H,3-7,10H2,1-2H3,(H2,18,20). The molecule has 0 amide bonds. The van der Waals surface area contributed by atoms with Crippen LogP contribution in [-0.2, 0) is 0 Å². The van der Waals surface area contributed by atoms with Crippen LogP contribution in [0.1, 0.15) is 51.5 Å². The van der Waals surface area contributed by atoms with E-state index >= 15 is 0 Å². The van der Waals surface area contributed by atoms with E-state index in [0.717, 1.165) is 28.2 Å². The molecule has 3 N–H and O–H groups in total. The Morgan fingerprint density at radius 2 is 1.95 bits per heavy atom. The third-order valence-electron chi connectivity index (χ3n) is 3.27. The molecule has 0 unspecified atom stereocenters. The van der Waals surface area contributed by atoms with Crippen molar-refractivity contribution in [3.05, 3.63) is 28.2 Å². The van der Waals surface area contributed by atoms with Gasteiger partial charge in [0, 0.05) is 22.3 Å². The Morgan fingerprint density at radius 3 is 2.60 bits per heavy atom. The van der Waals surface area contributed by atoms with Gasteiger partial charge < -0.3 is 11.1 Å². The Balaban J connectivity index is 2.30. The van der Waals surface area contributed by atoms with Crippen molar-refractivity contribution in [2.45, 2.75) is 46.0 Å². The maximum absolute atomic E-state index is 5.75. The fraction of sp³-hybridized carbons (Fsp3) is 0.562. The van der Waals surface area contributed by atoms with Gasteiger partial charge in [-0.25, -0.2) is 0 Å². The summed E-state index contributed by atoms with van der Waals surface area (Å²) in [7, 11) is 0. The highest BCUT2D eigenvalue weighted by Crippen LogP contribution is 2.21. The van der Waals surface area contributed by atoms with Gasteiger partial charge in [0.1, 0.15) is 4.99 Å². The molecule has 2 nitrogen and oxygen atoms in total. The molecule has 1 aromatic carbocycles. The second-order valence-corrected chi connectivity index (χ2v) is 6.93. The second-order valence-electron chi connectivity index (χ2n) is 5.58. The third kappa shape index (κ3) is 6.71. The fourth-order valence-corrected chi connectivity index (χ4v) is 2.66. The van der Waals surface area contributed by atoms with Gasteiger partial charge in [-0.2, -0.15) is 0 Å². The minimum atomic E-state index is 0.436. The summed E-state index contributed by atoms with van der Waals surface area (Å²) in [5.41, 5.74) is 7.69. The maximum atomic E-state index is 5.75. The Bertz CT molecular complexity index is 432. The van der Waals surface area contributed by atoms with Gasteiger partial charge in [0.05, 0.1) is 0 Å². The van der Waals surface area contributed by atoms with Gasteiger partial charge in [0.25, 0.3) is 0 Å². The number of halogens is 1. The van der Waals surface area contributed by atoms with E-state index in [0.29, 0.717) is 4.99 Å². The number of hydrogen-bond acceptors (Lipinski definition) is 2. The number of nitrogens with two attached hydrogens (primary N) is 1. The van der Waals surface area contributed by atoms with Crippen LogP contribution in [0.25, 0.3) is 0 Å². The van der Waals surface area contributed by atoms with Crippen LogP contribution in [0.2, 0.25) is 0 Å². The second kappa shape index (κ2) is 9.35. The van der Waals surface area contributed by atoms with Crippen LogP contribution >= 0.6 is 28.1 Å². The predicted molar refractivity (Wildman–Crippen MR) is 96.4 cm³/mol. The molecule has 0 aliphatic rings. The molecule has 0 radical (unpaired) electrons. The minimum Gasteiger partial charge on any atom is -0.389 e. The molecule has 0 bridgehead atoms. The lowest BCUT2D eigenvalue weighted by atomic mass is 10.0. The number of nitrogens with one attached hydrogen (secondary N) is 1. The zero-order chi connectivity index (χ0) is 15.0. The van der Waals surface area contributed by atoms with E-state index < -0.39 is 0 Å². The Morgan fingerprint density at radius 1 is 1.25 bits per heavy atom. The molecule has 1 rings (SSSR count). The number of rotatable bonds is 9. The van der Waals surface area contributed by atoms with Crippen LogP contribution in [0, 0.1) is 5.92 Å². The van der Waals surface area contributed by atoms with Crippen LogP contribution in [-0.4, -0.2) is 11.5 Å². The Hall–Kier alpha value is -0.610. The van der Waals surface area contributed by atoms with Crippen molar-refractivity contribution in [1.29, 1.82) is 0 Å². The SMILES string of the molecule is CC(C)CCCCCCNc1ccc(Br)cc1C(N)=S. The predicted octanol–water partition coefficient (Wildman–Crippen LogP) is 5.10.